The van der Waals surface area contributed by atoms with Gasteiger partial charge in [0.05, 0.1) is 5.56 Å². The minimum absolute atomic E-state index is 0.0831. The van der Waals surface area contributed by atoms with Gasteiger partial charge in [0.1, 0.15) is 5.82 Å². The van der Waals surface area contributed by atoms with Gasteiger partial charge in [-0.05, 0) is 45.1 Å². The molecule has 0 fully saturated rings. The van der Waals surface area contributed by atoms with E-state index in [1.54, 1.807) is 13.0 Å². The van der Waals surface area contributed by atoms with Crippen molar-refractivity contribution in [3.05, 3.63) is 35.1 Å². The molecule has 0 heterocycles. The van der Waals surface area contributed by atoms with Gasteiger partial charge < -0.3 is 16.0 Å². The minimum Gasteiger partial charge on any atom is -0.352 e. The summed E-state index contributed by atoms with van der Waals surface area (Å²) in [5.41, 5.74) is 6.60. The zero-order valence-electron chi connectivity index (χ0n) is 11.7. The van der Waals surface area contributed by atoms with E-state index < -0.39 is 5.82 Å². The zero-order chi connectivity index (χ0) is 14.4. The second-order valence-corrected chi connectivity index (χ2v) is 4.73. The summed E-state index contributed by atoms with van der Waals surface area (Å²) < 4.78 is 13.9. The Morgan fingerprint density at radius 1 is 1.47 bits per heavy atom. The monoisotopic (exact) mass is 267 g/mol. The third-order valence-electron chi connectivity index (χ3n) is 3.09. The van der Waals surface area contributed by atoms with Crippen LogP contribution in [0.4, 0.5) is 4.39 Å². The Labute approximate surface area is 113 Å². The van der Waals surface area contributed by atoms with Crippen molar-refractivity contribution in [2.24, 2.45) is 5.73 Å². The molecule has 0 spiro atoms. The van der Waals surface area contributed by atoms with E-state index in [1.165, 1.54) is 12.1 Å². The lowest BCUT2D eigenvalue weighted by molar-refractivity contribution is 0.0952. The SMILES string of the molecule is CCNC(=O)c1ccc(CC(CN)N(C)C)cc1F. The number of hydrogen-bond acceptors (Lipinski definition) is 3. The fourth-order valence-corrected chi connectivity index (χ4v) is 1.87. The van der Waals surface area contributed by atoms with Crippen molar-refractivity contribution in [3.63, 3.8) is 0 Å². The van der Waals surface area contributed by atoms with E-state index in [4.69, 9.17) is 5.73 Å². The van der Waals surface area contributed by atoms with Crippen LogP contribution in [-0.4, -0.2) is 44.0 Å². The number of rotatable bonds is 6. The van der Waals surface area contributed by atoms with E-state index >= 15 is 0 Å². The maximum atomic E-state index is 13.9. The summed E-state index contributed by atoms with van der Waals surface area (Å²) in [5, 5.41) is 2.59. The molecule has 106 valence electrons. The molecule has 0 saturated heterocycles. The van der Waals surface area contributed by atoms with E-state index in [-0.39, 0.29) is 17.5 Å². The van der Waals surface area contributed by atoms with Crippen molar-refractivity contribution < 1.29 is 9.18 Å². The predicted octanol–water partition coefficient (Wildman–Crippen LogP) is 1.01. The van der Waals surface area contributed by atoms with Crippen molar-refractivity contribution in [3.8, 4) is 0 Å². The summed E-state index contributed by atoms with van der Waals surface area (Å²) in [6.07, 6.45) is 0.663. The lowest BCUT2D eigenvalue weighted by atomic mass is 10.0. The number of hydrogen-bond donors (Lipinski definition) is 2. The number of carbonyl (C=O) groups is 1. The largest absolute Gasteiger partial charge is 0.352 e. The Kier molecular flexibility index (Phi) is 5.92. The van der Waals surface area contributed by atoms with Crippen LogP contribution in [0.2, 0.25) is 0 Å². The number of likely N-dealkylation sites (N-methyl/N-ethyl adjacent to an activating group) is 1. The highest BCUT2D eigenvalue weighted by atomic mass is 19.1. The molecule has 0 aliphatic heterocycles. The summed E-state index contributed by atoms with van der Waals surface area (Å²) >= 11 is 0. The molecule has 1 atom stereocenters. The van der Waals surface area contributed by atoms with Gasteiger partial charge in [0.2, 0.25) is 0 Å². The van der Waals surface area contributed by atoms with Crippen LogP contribution in [0.3, 0.4) is 0 Å². The molecule has 1 unspecified atom stereocenters. The molecule has 0 saturated carbocycles. The average molecular weight is 267 g/mol. The summed E-state index contributed by atoms with van der Waals surface area (Å²) in [7, 11) is 3.88. The minimum atomic E-state index is -0.488. The van der Waals surface area contributed by atoms with Gasteiger partial charge in [-0.1, -0.05) is 6.07 Å². The van der Waals surface area contributed by atoms with Gasteiger partial charge in [-0.3, -0.25) is 4.79 Å². The van der Waals surface area contributed by atoms with Crippen molar-refractivity contribution in [2.45, 2.75) is 19.4 Å². The Bertz CT molecular complexity index is 435. The maximum absolute atomic E-state index is 13.9. The van der Waals surface area contributed by atoms with Gasteiger partial charge in [-0.2, -0.15) is 0 Å². The standard InChI is InChI=1S/C14H22FN3O/c1-4-17-14(19)12-6-5-10(8-13(12)15)7-11(9-16)18(2)3/h5-6,8,11H,4,7,9,16H2,1-3H3,(H,17,19). The highest BCUT2D eigenvalue weighted by molar-refractivity contribution is 5.94. The fourth-order valence-electron chi connectivity index (χ4n) is 1.87. The smallest absolute Gasteiger partial charge is 0.254 e. The second-order valence-electron chi connectivity index (χ2n) is 4.73. The molecule has 0 bridgehead atoms. The molecule has 0 aromatic heterocycles. The van der Waals surface area contributed by atoms with Gasteiger partial charge in [-0.15, -0.1) is 0 Å². The lowest BCUT2D eigenvalue weighted by Gasteiger charge is -2.22. The molecule has 3 N–H and O–H groups in total. The number of halogens is 1. The number of nitrogens with two attached hydrogens (primary N) is 1. The molecular formula is C14H22FN3O. The first-order valence-electron chi connectivity index (χ1n) is 6.42. The van der Waals surface area contributed by atoms with Crippen LogP contribution < -0.4 is 11.1 Å². The third kappa shape index (κ3) is 4.29. The summed E-state index contributed by atoms with van der Waals surface area (Å²) in [5.74, 6) is -0.868. The Morgan fingerprint density at radius 2 is 2.16 bits per heavy atom. The first kappa shape index (κ1) is 15.6. The van der Waals surface area contributed by atoms with Crippen LogP contribution in [0.15, 0.2) is 18.2 Å². The Hall–Kier alpha value is -1.46. The van der Waals surface area contributed by atoms with Crippen LogP contribution >= 0.6 is 0 Å². The highest BCUT2D eigenvalue weighted by Crippen LogP contribution is 2.13. The number of benzene rings is 1. The van der Waals surface area contributed by atoms with E-state index in [0.717, 1.165) is 5.56 Å². The van der Waals surface area contributed by atoms with Crippen molar-refractivity contribution in [1.82, 2.24) is 10.2 Å². The van der Waals surface area contributed by atoms with Gasteiger partial charge >= 0.3 is 0 Å². The van der Waals surface area contributed by atoms with Crippen LogP contribution in [-0.2, 0) is 6.42 Å². The summed E-state index contributed by atoms with van der Waals surface area (Å²) in [4.78, 5) is 13.6. The Morgan fingerprint density at radius 3 is 2.63 bits per heavy atom. The van der Waals surface area contributed by atoms with E-state index in [1.807, 2.05) is 19.0 Å². The Balaban J connectivity index is 2.84. The number of nitrogens with one attached hydrogen (secondary N) is 1. The molecule has 1 amide bonds. The number of carbonyl (C=O) groups excluding carboxylic acids is 1. The number of amides is 1. The lowest BCUT2D eigenvalue weighted by Crippen LogP contribution is -2.36. The molecule has 0 aliphatic carbocycles. The molecule has 5 heteroatoms. The van der Waals surface area contributed by atoms with Crippen LogP contribution in [0, 0.1) is 5.82 Å². The van der Waals surface area contributed by atoms with Crippen molar-refractivity contribution >= 4 is 5.91 Å². The molecule has 19 heavy (non-hydrogen) atoms. The first-order chi connectivity index (χ1) is 8.99. The van der Waals surface area contributed by atoms with E-state index in [9.17, 15) is 9.18 Å². The first-order valence-corrected chi connectivity index (χ1v) is 6.42. The average Bonchev–Trinajstić information content (AvgIpc) is 2.35. The van der Waals surface area contributed by atoms with Crippen LogP contribution in [0.5, 0.6) is 0 Å². The molecule has 1 aromatic carbocycles. The molecule has 1 aromatic rings. The molecular weight excluding hydrogens is 245 g/mol. The summed E-state index contributed by atoms with van der Waals surface area (Å²) in [6.45, 7) is 2.79. The molecule has 1 rings (SSSR count). The van der Waals surface area contributed by atoms with Gasteiger partial charge in [0.25, 0.3) is 5.91 Å². The summed E-state index contributed by atoms with van der Waals surface area (Å²) in [6, 6.07) is 4.88. The topological polar surface area (TPSA) is 58.4 Å². The highest BCUT2D eigenvalue weighted by Gasteiger charge is 2.14. The van der Waals surface area contributed by atoms with Crippen LogP contribution in [0.1, 0.15) is 22.8 Å². The second kappa shape index (κ2) is 7.21. The maximum Gasteiger partial charge on any atom is 0.254 e. The van der Waals surface area contributed by atoms with Crippen molar-refractivity contribution in [1.29, 1.82) is 0 Å². The number of nitrogens with zero attached hydrogens (tertiary/aromatic N) is 1. The van der Waals surface area contributed by atoms with Crippen LogP contribution in [0.25, 0.3) is 0 Å². The van der Waals surface area contributed by atoms with E-state index in [2.05, 4.69) is 5.32 Å². The molecule has 0 radical (unpaired) electrons. The van der Waals surface area contributed by atoms with E-state index in [0.29, 0.717) is 19.5 Å². The normalized spacial score (nSPS) is 12.5. The molecule has 4 nitrogen and oxygen atoms in total. The zero-order valence-corrected chi connectivity index (χ0v) is 11.7. The van der Waals surface area contributed by atoms with Crippen molar-refractivity contribution in [2.75, 3.05) is 27.2 Å². The third-order valence-corrected chi connectivity index (χ3v) is 3.09. The fraction of sp³-hybridized carbons (Fsp3) is 0.500. The quantitative estimate of drug-likeness (QED) is 0.808. The van der Waals surface area contributed by atoms with Gasteiger partial charge in [0, 0.05) is 19.1 Å². The van der Waals surface area contributed by atoms with Gasteiger partial charge in [-0.25, -0.2) is 4.39 Å². The van der Waals surface area contributed by atoms with Gasteiger partial charge in [0.15, 0.2) is 0 Å². The molecule has 0 aliphatic rings. The predicted molar refractivity (Wildman–Crippen MR) is 74.6 cm³/mol.